The molecular formula is C23H26N2O4S. The third-order valence-corrected chi connectivity index (χ3v) is 7.62. The lowest BCUT2D eigenvalue weighted by atomic mass is 9.98. The third-order valence-electron chi connectivity index (χ3n) is 5.70. The van der Waals surface area contributed by atoms with Crippen LogP contribution in [0.4, 0.5) is 0 Å². The number of rotatable bonds is 6. The number of sulfonamides is 1. The summed E-state index contributed by atoms with van der Waals surface area (Å²) in [6.07, 6.45) is 3.40. The Morgan fingerprint density at radius 3 is 2.60 bits per heavy atom. The molecule has 0 atom stereocenters. The number of amides is 1. The highest BCUT2D eigenvalue weighted by molar-refractivity contribution is 7.89. The summed E-state index contributed by atoms with van der Waals surface area (Å²) in [5.74, 6) is 0.234. The molecule has 0 saturated carbocycles. The Kier molecular flexibility index (Phi) is 5.92. The molecule has 158 valence electrons. The average molecular weight is 427 g/mol. The van der Waals surface area contributed by atoms with E-state index in [0.29, 0.717) is 24.5 Å². The topological polar surface area (TPSA) is 79.6 Å². The van der Waals surface area contributed by atoms with E-state index in [0.717, 1.165) is 34.9 Å². The maximum Gasteiger partial charge on any atom is 0.243 e. The number of hydrogen-bond donors (Lipinski definition) is 1. The molecule has 7 heteroatoms. The second-order valence-corrected chi connectivity index (χ2v) is 9.84. The Balaban J connectivity index is 1.28. The number of furan rings is 1. The molecule has 2 aromatic carbocycles. The fourth-order valence-corrected chi connectivity index (χ4v) is 5.41. The molecule has 1 amide bonds. The summed E-state index contributed by atoms with van der Waals surface area (Å²) < 4.78 is 32.5. The van der Waals surface area contributed by atoms with Crippen molar-refractivity contribution in [2.24, 2.45) is 5.92 Å². The molecule has 1 aliphatic heterocycles. The van der Waals surface area contributed by atoms with E-state index >= 15 is 0 Å². The quantitative estimate of drug-likeness (QED) is 0.654. The van der Waals surface area contributed by atoms with Crippen molar-refractivity contribution in [2.45, 2.75) is 31.1 Å². The lowest BCUT2D eigenvalue weighted by Crippen LogP contribution is -2.41. The number of nitrogens with one attached hydrogen (secondary N) is 1. The van der Waals surface area contributed by atoms with Crippen molar-refractivity contribution in [2.75, 3.05) is 19.6 Å². The fraction of sp³-hybridized carbons (Fsp3) is 0.348. The summed E-state index contributed by atoms with van der Waals surface area (Å²) in [7, 11) is -3.44. The molecule has 1 saturated heterocycles. The number of nitrogens with zero attached hydrogens (tertiary/aromatic N) is 1. The molecule has 0 aliphatic carbocycles. The molecule has 1 aromatic heterocycles. The minimum Gasteiger partial charge on any atom is -0.464 e. The van der Waals surface area contributed by atoms with Crippen LogP contribution in [0.3, 0.4) is 0 Å². The number of fused-ring (bicyclic) bond motifs is 1. The van der Waals surface area contributed by atoms with Gasteiger partial charge in [-0.25, -0.2) is 8.42 Å². The molecule has 0 bridgehead atoms. The molecule has 0 radical (unpaired) electrons. The van der Waals surface area contributed by atoms with Crippen LogP contribution < -0.4 is 5.32 Å². The van der Waals surface area contributed by atoms with Crippen LogP contribution in [0.1, 0.15) is 24.0 Å². The van der Waals surface area contributed by atoms with Gasteiger partial charge in [0.15, 0.2) is 0 Å². The van der Waals surface area contributed by atoms with Crippen LogP contribution in [0.15, 0.2) is 64.1 Å². The van der Waals surface area contributed by atoms with E-state index in [2.05, 4.69) is 5.32 Å². The smallest absolute Gasteiger partial charge is 0.243 e. The van der Waals surface area contributed by atoms with Gasteiger partial charge < -0.3 is 9.73 Å². The van der Waals surface area contributed by atoms with Gasteiger partial charge >= 0.3 is 0 Å². The highest BCUT2D eigenvalue weighted by Crippen LogP contribution is 2.24. The van der Waals surface area contributed by atoms with Crippen molar-refractivity contribution in [3.05, 3.63) is 65.9 Å². The zero-order valence-corrected chi connectivity index (χ0v) is 17.8. The van der Waals surface area contributed by atoms with Gasteiger partial charge in [0.25, 0.3) is 0 Å². The number of hydrogen-bond acceptors (Lipinski definition) is 4. The van der Waals surface area contributed by atoms with E-state index in [1.54, 1.807) is 40.9 Å². The zero-order valence-electron chi connectivity index (χ0n) is 17.0. The summed E-state index contributed by atoms with van der Waals surface area (Å²) in [5, 5.41) is 3.97. The standard InChI is InChI=1S/C23H26N2O4S/c1-17-7-8-21-19(16-29-22(21)13-17)14-23(26)24-15-18-9-11-25(12-10-18)30(27,28)20-5-3-2-4-6-20/h2-8,13,16,18H,9-12,14-15H2,1H3,(H,24,26). The summed E-state index contributed by atoms with van der Waals surface area (Å²) in [4.78, 5) is 12.7. The van der Waals surface area contributed by atoms with E-state index in [1.165, 1.54) is 0 Å². The van der Waals surface area contributed by atoms with Gasteiger partial charge in [0.2, 0.25) is 15.9 Å². The van der Waals surface area contributed by atoms with Crippen molar-refractivity contribution < 1.29 is 17.6 Å². The minimum atomic E-state index is -3.44. The summed E-state index contributed by atoms with van der Waals surface area (Å²) >= 11 is 0. The predicted octanol–water partition coefficient (Wildman–Crippen LogP) is 3.50. The van der Waals surface area contributed by atoms with Gasteiger partial charge in [-0.15, -0.1) is 0 Å². The van der Waals surface area contributed by atoms with Gasteiger partial charge in [0, 0.05) is 30.6 Å². The van der Waals surface area contributed by atoms with Crippen molar-refractivity contribution in [3.8, 4) is 0 Å². The summed E-state index contributed by atoms with van der Waals surface area (Å²) in [5.41, 5.74) is 2.80. The first-order chi connectivity index (χ1) is 14.4. The van der Waals surface area contributed by atoms with Crippen molar-refractivity contribution >= 4 is 26.9 Å². The molecule has 1 fully saturated rings. The fourth-order valence-electron chi connectivity index (χ4n) is 3.92. The Hall–Kier alpha value is -2.64. The van der Waals surface area contributed by atoms with Gasteiger partial charge in [-0.1, -0.05) is 30.3 Å². The van der Waals surface area contributed by atoms with Crippen molar-refractivity contribution in [3.63, 3.8) is 0 Å². The average Bonchev–Trinajstić information content (AvgIpc) is 3.14. The third kappa shape index (κ3) is 4.42. The largest absolute Gasteiger partial charge is 0.464 e. The number of carbonyl (C=O) groups is 1. The molecule has 3 aromatic rings. The summed E-state index contributed by atoms with van der Waals surface area (Å²) in [6.45, 7) is 3.52. The zero-order chi connectivity index (χ0) is 21.1. The number of benzene rings is 2. The highest BCUT2D eigenvalue weighted by atomic mass is 32.2. The second kappa shape index (κ2) is 8.62. The molecule has 1 N–H and O–H groups in total. The van der Waals surface area contributed by atoms with Gasteiger partial charge in [-0.2, -0.15) is 4.31 Å². The minimum absolute atomic E-state index is 0.0439. The van der Waals surface area contributed by atoms with Gasteiger partial charge in [-0.3, -0.25) is 4.79 Å². The Morgan fingerprint density at radius 1 is 1.13 bits per heavy atom. The van der Waals surface area contributed by atoms with Crippen LogP contribution in [-0.2, 0) is 21.2 Å². The van der Waals surface area contributed by atoms with Crippen molar-refractivity contribution in [1.82, 2.24) is 9.62 Å². The highest BCUT2D eigenvalue weighted by Gasteiger charge is 2.29. The van der Waals surface area contributed by atoms with Gasteiger partial charge in [0.1, 0.15) is 5.58 Å². The molecule has 2 heterocycles. The van der Waals surface area contributed by atoms with Gasteiger partial charge in [0.05, 0.1) is 17.6 Å². The normalized spacial score (nSPS) is 16.0. The van der Waals surface area contributed by atoms with E-state index in [-0.39, 0.29) is 18.2 Å². The number of carbonyl (C=O) groups excluding carboxylic acids is 1. The molecule has 30 heavy (non-hydrogen) atoms. The van der Waals surface area contributed by atoms with Crippen LogP contribution in [0.2, 0.25) is 0 Å². The second-order valence-electron chi connectivity index (χ2n) is 7.90. The van der Waals surface area contributed by atoms with Crippen LogP contribution in [0.25, 0.3) is 11.0 Å². The molecule has 6 nitrogen and oxygen atoms in total. The molecule has 0 unspecified atom stereocenters. The SMILES string of the molecule is Cc1ccc2c(CC(=O)NCC3CCN(S(=O)(=O)c4ccccc4)CC3)coc2c1. The van der Waals surface area contributed by atoms with Crippen LogP contribution in [-0.4, -0.2) is 38.3 Å². The summed E-state index contributed by atoms with van der Waals surface area (Å²) in [6, 6.07) is 14.5. The first kappa shape index (κ1) is 20.6. The van der Waals surface area contributed by atoms with Crippen LogP contribution in [0.5, 0.6) is 0 Å². The Bertz CT molecular complexity index is 1130. The lowest BCUT2D eigenvalue weighted by molar-refractivity contribution is -0.120. The molecule has 4 rings (SSSR count). The van der Waals surface area contributed by atoms with E-state index in [9.17, 15) is 13.2 Å². The maximum atomic E-state index is 12.7. The lowest BCUT2D eigenvalue weighted by Gasteiger charge is -2.31. The van der Waals surface area contributed by atoms with Gasteiger partial charge in [-0.05, 0) is 49.4 Å². The first-order valence-electron chi connectivity index (χ1n) is 10.2. The Morgan fingerprint density at radius 2 is 1.87 bits per heavy atom. The predicted molar refractivity (Wildman–Crippen MR) is 116 cm³/mol. The molecule has 1 aliphatic rings. The first-order valence-corrected chi connectivity index (χ1v) is 11.7. The van der Waals surface area contributed by atoms with Crippen molar-refractivity contribution in [1.29, 1.82) is 0 Å². The molecule has 0 spiro atoms. The van der Waals surface area contributed by atoms with E-state index in [4.69, 9.17) is 4.42 Å². The number of aryl methyl sites for hydroxylation is 1. The van der Waals surface area contributed by atoms with E-state index in [1.807, 2.05) is 25.1 Å². The van der Waals surface area contributed by atoms with Crippen LogP contribution >= 0.6 is 0 Å². The van der Waals surface area contributed by atoms with E-state index < -0.39 is 10.0 Å². The molecular weight excluding hydrogens is 400 g/mol. The Labute approximate surface area is 176 Å². The maximum absolute atomic E-state index is 12.7. The number of piperidine rings is 1. The van der Waals surface area contributed by atoms with Crippen LogP contribution in [0, 0.1) is 12.8 Å². The monoisotopic (exact) mass is 426 g/mol.